The lowest BCUT2D eigenvalue weighted by Gasteiger charge is -2.08. The molecule has 9 nitrogen and oxygen atoms in total. The van der Waals surface area contributed by atoms with E-state index in [4.69, 9.17) is 15.7 Å². The van der Waals surface area contributed by atoms with Gasteiger partial charge in [0.05, 0.1) is 17.7 Å². The highest BCUT2D eigenvalue weighted by Crippen LogP contribution is 2.17. The molecule has 126 valence electrons. The van der Waals surface area contributed by atoms with Crippen molar-refractivity contribution in [1.82, 2.24) is 0 Å². The monoisotopic (exact) mass is 340 g/mol. The Morgan fingerprint density at radius 3 is 2.00 bits per heavy atom. The van der Waals surface area contributed by atoms with E-state index in [1.807, 2.05) is 0 Å². The molecule has 2 rings (SSSR count). The Kier molecular flexibility index (Phi) is 5.34. The van der Waals surface area contributed by atoms with Crippen LogP contribution in [0.1, 0.15) is 36.6 Å². The van der Waals surface area contributed by atoms with Crippen molar-refractivity contribution in [3.05, 3.63) is 75.2 Å². The van der Waals surface area contributed by atoms with E-state index in [0.717, 1.165) is 11.6 Å². The highest BCUT2D eigenvalue weighted by molar-refractivity contribution is 6.05. The van der Waals surface area contributed by atoms with Gasteiger partial charge in [-0.05, 0) is 41.4 Å². The molecule has 0 aliphatic rings. The summed E-state index contributed by atoms with van der Waals surface area (Å²) in [5, 5.41) is 23.9. The van der Waals surface area contributed by atoms with E-state index in [0.29, 0.717) is 0 Å². The van der Waals surface area contributed by atoms with Gasteiger partial charge in [0.15, 0.2) is 0 Å². The van der Waals surface area contributed by atoms with Gasteiger partial charge in [0.2, 0.25) is 0 Å². The van der Waals surface area contributed by atoms with Crippen LogP contribution in [0.2, 0.25) is 0 Å². The minimum absolute atomic E-state index is 0.0560. The summed E-state index contributed by atoms with van der Waals surface area (Å²) >= 11 is 0. The topological polar surface area (TPSA) is 152 Å². The maximum absolute atomic E-state index is 12.2. The van der Waals surface area contributed by atoms with E-state index >= 15 is 0 Å². The second-order valence-corrected chi connectivity index (χ2v) is 4.95. The molecule has 9 heteroatoms. The molecule has 0 radical (unpaired) electrons. The Bertz CT molecular complexity index is 854. The predicted molar refractivity (Wildman–Crippen MR) is 87.6 cm³/mol. The van der Waals surface area contributed by atoms with E-state index < -0.39 is 17.8 Å². The van der Waals surface area contributed by atoms with Gasteiger partial charge in [-0.1, -0.05) is 17.2 Å². The zero-order chi connectivity index (χ0) is 18.4. The second kappa shape index (κ2) is 7.62. The third-order valence-corrected chi connectivity index (χ3v) is 3.22. The molecule has 0 heterocycles. The minimum Gasteiger partial charge on any atom is -0.478 e. The number of hydrogen-bond acceptors (Lipinski definition) is 4. The van der Waals surface area contributed by atoms with Crippen molar-refractivity contribution in [3.8, 4) is 0 Å². The van der Waals surface area contributed by atoms with Crippen LogP contribution in [0.15, 0.2) is 47.6 Å². The van der Waals surface area contributed by atoms with E-state index in [2.05, 4.69) is 15.3 Å². The van der Waals surface area contributed by atoms with Gasteiger partial charge in [-0.2, -0.15) is 0 Å². The normalized spacial score (nSPS) is 9.76. The maximum Gasteiger partial charge on any atom is 0.335 e. The van der Waals surface area contributed by atoms with E-state index in [-0.39, 0.29) is 28.9 Å². The molecule has 0 saturated heterocycles. The smallest absolute Gasteiger partial charge is 0.335 e. The molecular weight excluding hydrogens is 328 g/mol. The summed E-state index contributed by atoms with van der Waals surface area (Å²) in [7, 11) is 0. The third kappa shape index (κ3) is 4.57. The Balaban J connectivity index is 2.23. The highest BCUT2D eigenvalue weighted by Gasteiger charge is 2.13. The molecule has 0 aliphatic heterocycles. The van der Waals surface area contributed by atoms with Crippen LogP contribution in [0.5, 0.6) is 0 Å². The molecule has 0 fully saturated rings. The molecule has 0 unspecified atom stereocenters. The van der Waals surface area contributed by atoms with E-state index in [1.54, 1.807) is 12.1 Å². The predicted octanol–water partition coefficient (Wildman–Crippen LogP) is 3.15. The van der Waals surface area contributed by atoms with Gasteiger partial charge in [-0.15, -0.1) is 0 Å². The van der Waals surface area contributed by atoms with Crippen LogP contribution < -0.4 is 5.32 Å². The zero-order valence-electron chi connectivity index (χ0n) is 12.7. The summed E-state index contributed by atoms with van der Waals surface area (Å²) in [4.78, 5) is 37.0. The number of carboxylic acids is 2. The molecule has 25 heavy (non-hydrogen) atoms. The van der Waals surface area contributed by atoms with Gasteiger partial charge in [0, 0.05) is 16.2 Å². The Labute approximate surface area is 141 Å². The fourth-order valence-corrected chi connectivity index (χ4v) is 2.02. The first-order valence-electron chi connectivity index (χ1n) is 6.93. The Morgan fingerprint density at radius 2 is 1.52 bits per heavy atom. The Morgan fingerprint density at radius 1 is 0.960 bits per heavy atom. The van der Waals surface area contributed by atoms with Crippen LogP contribution in [0.25, 0.3) is 10.4 Å². The van der Waals surface area contributed by atoms with Crippen molar-refractivity contribution in [2.75, 3.05) is 5.32 Å². The van der Waals surface area contributed by atoms with Crippen molar-refractivity contribution >= 4 is 23.5 Å². The molecular formula is C16H12N4O5. The minimum atomic E-state index is -1.30. The number of carbonyl (C=O) groups excluding carboxylic acids is 1. The fraction of sp³-hybridized carbons (Fsp3) is 0.0625. The number of amides is 1. The van der Waals surface area contributed by atoms with Crippen molar-refractivity contribution in [1.29, 1.82) is 0 Å². The number of carbonyl (C=O) groups is 3. The quantitative estimate of drug-likeness (QED) is 0.419. The average molecular weight is 340 g/mol. The van der Waals surface area contributed by atoms with Crippen molar-refractivity contribution < 1.29 is 24.6 Å². The number of carboxylic acid groups (broad SMARTS) is 2. The number of nitrogens with zero attached hydrogens (tertiary/aromatic N) is 3. The lowest BCUT2D eigenvalue weighted by atomic mass is 10.1. The molecule has 0 aromatic heterocycles. The van der Waals surface area contributed by atoms with Gasteiger partial charge in [0.1, 0.15) is 0 Å². The van der Waals surface area contributed by atoms with Gasteiger partial charge in [-0.25, -0.2) is 9.59 Å². The molecule has 0 aliphatic carbocycles. The highest BCUT2D eigenvalue weighted by atomic mass is 16.4. The standard InChI is InChI=1S/C16H12N4O5/c17-20-18-8-9-1-3-10(4-2-9)14(21)19-13-6-11(15(22)23)5-12(7-13)16(24)25/h1-7H,8H2,(H,19,21)(H,22,23)(H,24,25). The molecule has 0 bridgehead atoms. The number of benzene rings is 2. The first kappa shape index (κ1) is 17.5. The van der Waals surface area contributed by atoms with Crippen molar-refractivity contribution in [3.63, 3.8) is 0 Å². The van der Waals surface area contributed by atoms with Crippen molar-refractivity contribution in [2.24, 2.45) is 5.11 Å². The second-order valence-electron chi connectivity index (χ2n) is 4.95. The van der Waals surface area contributed by atoms with Crippen LogP contribution >= 0.6 is 0 Å². The van der Waals surface area contributed by atoms with Crippen LogP contribution in [0.3, 0.4) is 0 Å². The van der Waals surface area contributed by atoms with Crippen molar-refractivity contribution in [2.45, 2.75) is 6.54 Å². The van der Waals surface area contributed by atoms with E-state index in [1.165, 1.54) is 24.3 Å². The number of hydrogen-bond donors (Lipinski definition) is 3. The maximum atomic E-state index is 12.2. The van der Waals surface area contributed by atoms with E-state index in [9.17, 15) is 14.4 Å². The third-order valence-electron chi connectivity index (χ3n) is 3.22. The number of aromatic carboxylic acids is 2. The van der Waals surface area contributed by atoms with Gasteiger partial charge in [0.25, 0.3) is 5.91 Å². The summed E-state index contributed by atoms with van der Waals surface area (Å²) < 4.78 is 0. The Hall–Kier alpha value is -3.84. The van der Waals surface area contributed by atoms with Crippen LogP contribution in [0.4, 0.5) is 5.69 Å². The molecule has 3 N–H and O–H groups in total. The van der Waals surface area contributed by atoms with Crippen LogP contribution in [-0.2, 0) is 6.54 Å². The van der Waals surface area contributed by atoms with Crippen LogP contribution in [-0.4, -0.2) is 28.1 Å². The molecule has 0 saturated carbocycles. The zero-order valence-corrected chi connectivity index (χ0v) is 12.7. The number of nitrogens with one attached hydrogen (secondary N) is 1. The summed E-state index contributed by atoms with van der Waals surface area (Å²) in [5.41, 5.74) is 8.82. The number of rotatable bonds is 6. The molecule has 1 amide bonds. The summed E-state index contributed by atoms with van der Waals surface area (Å²) in [6, 6.07) is 9.59. The lowest BCUT2D eigenvalue weighted by molar-refractivity contribution is 0.0696. The first-order valence-corrected chi connectivity index (χ1v) is 6.93. The number of anilines is 1. The first-order chi connectivity index (χ1) is 11.9. The summed E-state index contributed by atoms with van der Waals surface area (Å²) in [6.45, 7) is 0.154. The fourth-order valence-electron chi connectivity index (χ4n) is 2.02. The SMILES string of the molecule is [N-]=[N+]=NCc1ccc(C(=O)Nc2cc(C(=O)O)cc(C(=O)O)c2)cc1. The van der Waals surface area contributed by atoms with Gasteiger partial charge >= 0.3 is 11.9 Å². The summed E-state index contributed by atoms with van der Waals surface area (Å²) in [5.74, 6) is -3.14. The summed E-state index contributed by atoms with van der Waals surface area (Å²) in [6.07, 6.45) is 0. The molecule has 0 spiro atoms. The van der Waals surface area contributed by atoms with Crippen LogP contribution in [0, 0.1) is 0 Å². The lowest BCUT2D eigenvalue weighted by Crippen LogP contribution is -2.13. The molecule has 2 aromatic rings. The largest absolute Gasteiger partial charge is 0.478 e. The molecule has 0 atom stereocenters. The number of azide groups is 1. The average Bonchev–Trinajstić information content (AvgIpc) is 2.59. The molecule has 2 aromatic carbocycles. The van der Waals surface area contributed by atoms with Gasteiger partial charge in [-0.3, -0.25) is 4.79 Å². The van der Waals surface area contributed by atoms with Gasteiger partial charge < -0.3 is 15.5 Å².